The third-order valence-electron chi connectivity index (χ3n) is 9.97. The molecule has 5 aromatic rings. The van der Waals surface area contributed by atoms with Crippen LogP contribution in [0.15, 0.2) is 41.5 Å². The molecule has 45 heavy (non-hydrogen) atoms. The van der Waals surface area contributed by atoms with Gasteiger partial charge in [0.05, 0.1) is 39.4 Å². The second-order valence-electron chi connectivity index (χ2n) is 13.1. The summed E-state index contributed by atoms with van der Waals surface area (Å²) in [5.74, 6) is -0.963. The fraction of sp³-hybridized carbons (Fsp3) is 0.424. The van der Waals surface area contributed by atoms with E-state index >= 15 is 4.39 Å². The van der Waals surface area contributed by atoms with E-state index in [4.69, 9.17) is 9.72 Å². The molecule has 0 spiro atoms. The van der Waals surface area contributed by atoms with Crippen molar-refractivity contribution in [2.24, 2.45) is 20.0 Å². The van der Waals surface area contributed by atoms with Gasteiger partial charge in [0.25, 0.3) is 0 Å². The van der Waals surface area contributed by atoms with E-state index in [9.17, 15) is 14.4 Å². The molecule has 1 amide bonds. The maximum Gasteiger partial charge on any atom is 0.329 e. The van der Waals surface area contributed by atoms with Crippen molar-refractivity contribution in [1.29, 1.82) is 0 Å². The number of hydrogen-bond donors (Lipinski definition) is 2. The number of aromatic amines is 1. The van der Waals surface area contributed by atoms with E-state index in [0.29, 0.717) is 59.0 Å². The van der Waals surface area contributed by atoms with Crippen LogP contribution in [0.25, 0.3) is 44.5 Å². The number of fused-ring (bicyclic) bond motifs is 5. The SMILES string of the molecule is Cn1cc(-c2[nH]c3ncc4c5c3c2-c2ccc(cc2)CCC(=O)O[C@H]2C[C@H](CC[C@@]2(C)NC(=O)C2CC2)n5c(=O)n4C)c(F)n1. The lowest BCUT2D eigenvalue weighted by Gasteiger charge is -2.44. The van der Waals surface area contributed by atoms with Crippen LogP contribution in [-0.2, 0) is 34.8 Å². The predicted octanol–water partition coefficient (Wildman–Crippen LogP) is 4.29. The molecule has 232 valence electrons. The molecule has 0 saturated heterocycles. The molecule has 2 fully saturated rings. The highest BCUT2D eigenvalue weighted by Gasteiger charge is 2.46. The van der Waals surface area contributed by atoms with Crippen molar-refractivity contribution in [3.8, 4) is 22.4 Å². The average molecular weight is 612 g/mol. The monoisotopic (exact) mass is 611 g/mol. The minimum Gasteiger partial charge on any atom is -0.460 e. The molecular formula is C33H34FN7O4. The molecule has 11 nitrogen and oxygen atoms in total. The fourth-order valence-electron chi connectivity index (χ4n) is 7.28. The van der Waals surface area contributed by atoms with Crippen LogP contribution in [-0.4, -0.2) is 52.4 Å². The van der Waals surface area contributed by atoms with Gasteiger partial charge in [-0.3, -0.25) is 23.4 Å². The van der Waals surface area contributed by atoms with Gasteiger partial charge in [-0.05, 0) is 50.2 Å². The molecule has 3 atom stereocenters. The molecule has 1 aromatic carbocycles. The first kappa shape index (κ1) is 27.8. The van der Waals surface area contributed by atoms with E-state index in [2.05, 4.69) is 15.4 Å². The van der Waals surface area contributed by atoms with Crippen LogP contribution in [0.1, 0.15) is 57.1 Å². The summed E-state index contributed by atoms with van der Waals surface area (Å²) in [4.78, 5) is 48.4. The third kappa shape index (κ3) is 4.40. The molecule has 2 saturated carbocycles. The van der Waals surface area contributed by atoms with Crippen molar-refractivity contribution in [2.45, 2.75) is 69.6 Å². The summed E-state index contributed by atoms with van der Waals surface area (Å²) in [7, 11) is 3.39. The van der Waals surface area contributed by atoms with Gasteiger partial charge in [0.15, 0.2) is 0 Å². The van der Waals surface area contributed by atoms with Gasteiger partial charge in [-0.25, -0.2) is 9.78 Å². The lowest BCUT2D eigenvalue weighted by atomic mass is 9.77. The molecule has 2 N–H and O–H groups in total. The first-order valence-corrected chi connectivity index (χ1v) is 15.5. The van der Waals surface area contributed by atoms with Crippen molar-refractivity contribution in [3.05, 3.63) is 58.7 Å². The van der Waals surface area contributed by atoms with Gasteiger partial charge < -0.3 is 15.0 Å². The summed E-state index contributed by atoms with van der Waals surface area (Å²) in [6, 6.07) is 7.48. The Morgan fingerprint density at radius 2 is 1.91 bits per heavy atom. The molecule has 4 aliphatic rings. The standard InChI is InChI=1S/C33H34FN7O4/c1-33(37-31(43)19-9-10-19)13-12-20-14-23(33)45-24(42)11-6-17-4-7-18(8-5-17)25-26-28-22(40(3)32(44)41(20)28)15-35-30(26)36-27(25)21-16-39(2)38-29(21)34/h4-5,7-8,15-16,19-20,23H,6,9-14H2,1-3H3,(H,35,36)(H,37,43)/t20-,23-,33+/m0/s1. The number of nitrogens with one attached hydrogen (secondary N) is 2. The number of hydrogen-bond acceptors (Lipinski definition) is 6. The topological polar surface area (TPSA) is 129 Å². The molecular weight excluding hydrogens is 577 g/mol. The van der Waals surface area contributed by atoms with E-state index in [1.54, 1.807) is 35.6 Å². The molecule has 12 heteroatoms. The lowest BCUT2D eigenvalue weighted by molar-refractivity contribution is -0.158. The zero-order chi connectivity index (χ0) is 31.2. The summed E-state index contributed by atoms with van der Waals surface area (Å²) in [6.07, 6.45) is 6.49. The Balaban J connectivity index is 1.38. The van der Waals surface area contributed by atoms with Gasteiger partial charge in [-0.15, -0.1) is 5.10 Å². The third-order valence-corrected chi connectivity index (χ3v) is 9.97. The van der Waals surface area contributed by atoms with Crippen molar-refractivity contribution in [2.75, 3.05) is 0 Å². The second kappa shape index (κ2) is 9.88. The van der Waals surface area contributed by atoms with E-state index in [-0.39, 0.29) is 35.9 Å². The van der Waals surface area contributed by atoms with Crippen molar-refractivity contribution in [1.82, 2.24) is 34.2 Å². The first-order chi connectivity index (χ1) is 21.6. The molecule has 0 unspecified atom stereocenters. The van der Waals surface area contributed by atoms with Crippen LogP contribution in [0.3, 0.4) is 0 Å². The number of carbonyl (C=O) groups excluding carboxylic acids is 2. The number of pyridine rings is 1. The normalized spacial score (nSPS) is 23.3. The number of esters is 1. The number of amides is 1. The number of aromatic nitrogens is 6. The van der Waals surface area contributed by atoms with E-state index < -0.39 is 17.6 Å². The van der Waals surface area contributed by atoms with Crippen molar-refractivity contribution in [3.63, 3.8) is 0 Å². The number of halogens is 1. The summed E-state index contributed by atoms with van der Waals surface area (Å²) < 4.78 is 26.2. The first-order valence-electron chi connectivity index (χ1n) is 15.5. The zero-order valence-electron chi connectivity index (χ0n) is 25.4. The van der Waals surface area contributed by atoms with Gasteiger partial charge in [-0.2, -0.15) is 4.39 Å². The highest BCUT2D eigenvalue weighted by atomic mass is 19.1. The van der Waals surface area contributed by atoms with Gasteiger partial charge in [0.2, 0.25) is 11.9 Å². The van der Waals surface area contributed by atoms with Gasteiger partial charge in [0, 0.05) is 50.7 Å². The molecule has 4 bridgehead atoms. The number of rotatable bonds is 3. The number of benzene rings is 1. The van der Waals surface area contributed by atoms with Crippen molar-refractivity contribution < 1.29 is 18.7 Å². The number of nitrogens with zero attached hydrogens (tertiary/aromatic N) is 5. The Morgan fingerprint density at radius 1 is 1.13 bits per heavy atom. The largest absolute Gasteiger partial charge is 0.460 e. The highest BCUT2D eigenvalue weighted by Crippen LogP contribution is 2.44. The van der Waals surface area contributed by atoms with E-state index in [0.717, 1.165) is 29.5 Å². The molecule has 9 rings (SSSR count). The minimum absolute atomic E-state index is 0.00706. The van der Waals surface area contributed by atoms with Crippen LogP contribution >= 0.6 is 0 Å². The van der Waals surface area contributed by atoms with Crippen LogP contribution in [0.4, 0.5) is 4.39 Å². The Bertz CT molecular complexity index is 2080. The van der Waals surface area contributed by atoms with Crippen LogP contribution in [0.5, 0.6) is 0 Å². The predicted molar refractivity (Wildman–Crippen MR) is 165 cm³/mol. The van der Waals surface area contributed by atoms with Gasteiger partial charge >= 0.3 is 11.7 Å². The van der Waals surface area contributed by atoms with Crippen LogP contribution in [0, 0.1) is 11.9 Å². The van der Waals surface area contributed by atoms with Crippen LogP contribution < -0.4 is 11.0 Å². The molecule has 2 aliphatic heterocycles. The maximum atomic E-state index is 15.2. The van der Waals surface area contributed by atoms with Crippen LogP contribution in [0.2, 0.25) is 0 Å². The average Bonchev–Trinajstić information content (AvgIpc) is 3.66. The number of aryl methyl sites for hydroxylation is 3. The number of ether oxygens (including phenoxy) is 1. The number of imidazole rings is 1. The van der Waals surface area contributed by atoms with Gasteiger partial charge in [-0.1, -0.05) is 24.3 Å². The maximum absolute atomic E-state index is 15.2. The zero-order valence-corrected chi connectivity index (χ0v) is 25.4. The summed E-state index contributed by atoms with van der Waals surface area (Å²) >= 11 is 0. The fourth-order valence-corrected chi connectivity index (χ4v) is 7.28. The molecule has 6 heterocycles. The highest BCUT2D eigenvalue weighted by molar-refractivity contribution is 6.14. The number of carbonyl (C=O) groups is 2. The molecule has 2 aliphatic carbocycles. The Labute approximate surface area is 257 Å². The summed E-state index contributed by atoms with van der Waals surface area (Å²) in [5.41, 5.74) is 4.14. The van der Waals surface area contributed by atoms with Gasteiger partial charge in [0.1, 0.15) is 11.8 Å². The number of H-pyrrole nitrogens is 1. The molecule has 4 aromatic heterocycles. The van der Waals surface area contributed by atoms with E-state index in [1.807, 2.05) is 31.2 Å². The Kier molecular flexibility index (Phi) is 6.10. The molecule has 0 radical (unpaired) electrons. The quantitative estimate of drug-likeness (QED) is 0.293. The van der Waals surface area contributed by atoms with Crippen molar-refractivity contribution >= 4 is 33.9 Å². The van der Waals surface area contributed by atoms with E-state index in [1.165, 1.54) is 4.68 Å². The second-order valence-corrected chi connectivity index (χ2v) is 13.1. The summed E-state index contributed by atoms with van der Waals surface area (Å²) in [6.45, 7) is 1.95. The smallest absolute Gasteiger partial charge is 0.329 e. The lowest BCUT2D eigenvalue weighted by Crippen LogP contribution is -2.59. The Morgan fingerprint density at radius 3 is 2.62 bits per heavy atom. The Hall–Kier alpha value is -4.74. The minimum atomic E-state index is -0.767. The summed E-state index contributed by atoms with van der Waals surface area (Å²) in [5, 5.41) is 7.87.